The lowest BCUT2D eigenvalue weighted by molar-refractivity contribution is -0.0802. The molecule has 0 fully saturated rings. The van der Waals surface area contributed by atoms with Crippen molar-refractivity contribution in [2.45, 2.75) is 18.6 Å². The fraction of sp³-hybridized carbons (Fsp3) is 0.294. The topological polar surface area (TPSA) is 32.7 Å². The van der Waals surface area contributed by atoms with Gasteiger partial charge in [0.15, 0.2) is 5.72 Å². The van der Waals surface area contributed by atoms with Crippen molar-refractivity contribution in [2.24, 2.45) is 0 Å². The molecule has 0 aliphatic carbocycles. The molecule has 1 aliphatic heterocycles. The molecule has 2 aromatic carbocycles. The zero-order chi connectivity index (χ0) is 14.2. The van der Waals surface area contributed by atoms with Crippen molar-refractivity contribution < 1.29 is 9.84 Å². The minimum atomic E-state index is -0.439. The summed E-state index contributed by atoms with van der Waals surface area (Å²) in [6.07, 6.45) is 1.75. The van der Waals surface area contributed by atoms with E-state index in [1.54, 1.807) is 12.1 Å². The van der Waals surface area contributed by atoms with Gasteiger partial charge >= 0.3 is 0 Å². The predicted octanol–water partition coefficient (Wildman–Crippen LogP) is 3.13. The van der Waals surface area contributed by atoms with Crippen LogP contribution in [-0.2, 0) is 12.1 Å². The summed E-state index contributed by atoms with van der Waals surface area (Å²) in [4.78, 5) is 2.12. The quantitative estimate of drug-likeness (QED) is 0.909. The molecule has 1 heterocycles. The van der Waals surface area contributed by atoms with Crippen LogP contribution in [-0.4, -0.2) is 24.1 Å². The van der Waals surface area contributed by atoms with Crippen LogP contribution >= 0.6 is 0 Å². The van der Waals surface area contributed by atoms with E-state index in [0.29, 0.717) is 5.75 Å². The maximum absolute atomic E-state index is 9.58. The van der Waals surface area contributed by atoms with Crippen molar-refractivity contribution >= 4 is 0 Å². The Hall–Kier alpha value is -2.00. The van der Waals surface area contributed by atoms with Crippen LogP contribution in [0.4, 0.5) is 0 Å². The Morgan fingerprint density at radius 1 is 1.10 bits per heavy atom. The Kier molecular flexibility index (Phi) is 3.14. The lowest BCUT2D eigenvalue weighted by atomic mass is 9.90. The van der Waals surface area contributed by atoms with E-state index in [4.69, 9.17) is 4.74 Å². The molecule has 1 atom stereocenters. The number of phenols is 1. The first-order chi connectivity index (χ1) is 9.62. The number of rotatable bonds is 2. The minimum absolute atomic E-state index is 0.296. The third-order valence-electron chi connectivity index (χ3n) is 4.00. The molecule has 0 saturated carbocycles. The number of nitrogens with zero attached hydrogens (tertiary/aromatic N) is 1. The van der Waals surface area contributed by atoms with Crippen molar-refractivity contribution in [1.29, 1.82) is 0 Å². The SMILES string of the molecule is CN(C)C1(c2ccccc2)CCc2cc(O)ccc2O1. The van der Waals surface area contributed by atoms with Gasteiger partial charge in [0, 0.05) is 12.0 Å². The van der Waals surface area contributed by atoms with E-state index in [1.165, 1.54) is 0 Å². The highest BCUT2D eigenvalue weighted by atomic mass is 16.5. The average molecular weight is 269 g/mol. The second-order valence-electron chi connectivity index (χ2n) is 5.44. The molecule has 3 heteroatoms. The second kappa shape index (κ2) is 4.84. The fourth-order valence-corrected chi connectivity index (χ4v) is 2.87. The van der Waals surface area contributed by atoms with Gasteiger partial charge in [0.05, 0.1) is 0 Å². The lowest BCUT2D eigenvalue weighted by Crippen LogP contribution is -2.48. The Morgan fingerprint density at radius 2 is 1.85 bits per heavy atom. The molecule has 20 heavy (non-hydrogen) atoms. The monoisotopic (exact) mass is 269 g/mol. The summed E-state index contributed by atoms with van der Waals surface area (Å²) in [7, 11) is 4.08. The van der Waals surface area contributed by atoms with Crippen molar-refractivity contribution in [3.05, 3.63) is 59.7 Å². The highest BCUT2D eigenvalue weighted by Gasteiger charge is 2.40. The highest BCUT2D eigenvalue weighted by molar-refractivity contribution is 5.42. The van der Waals surface area contributed by atoms with Crippen LogP contribution in [0.5, 0.6) is 11.5 Å². The highest BCUT2D eigenvalue weighted by Crippen LogP contribution is 2.41. The van der Waals surface area contributed by atoms with Crippen LogP contribution in [0.3, 0.4) is 0 Å². The first kappa shape index (κ1) is 13.0. The molecule has 1 aliphatic rings. The second-order valence-corrected chi connectivity index (χ2v) is 5.44. The molecule has 3 nitrogen and oxygen atoms in total. The zero-order valence-corrected chi connectivity index (χ0v) is 11.8. The van der Waals surface area contributed by atoms with E-state index < -0.39 is 5.72 Å². The van der Waals surface area contributed by atoms with Gasteiger partial charge < -0.3 is 9.84 Å². The van der Waals surface area contributed by atoms with Crippen molar-refractivity contribution in [3.63, 3.8) is 0 Å². The molecule has 3 rings (SSSR count). The Morgan fingerprint density at radius 3 is 2.55 bits per heavy atom. The number of hydrogen-bond acceptors (Lipinski definition) is 3. The summed E-state index contributed by atoms with van der Waals surface area (Å²) in [6.45, 7) is 0. The average Bonchev–Trinajstić information content (AvgIpc) is 2.47. The number of fused-ring (bicyclic) bond motifs is 1. The van der Waals surface area contributed by atoms with Gasteiger partial charge in [-0.2, -0.15) is 0 Å². The minimum Gasteiger partial charge on any atom is -0.508 e. The number of ether oxygens (including phenoxy) is 1. The van der Waals surface area contributed by atoms with Gasteiger partial charge in [0.2, 0.25) is 0 Å². The molecule has 2 aromatic rings. The van der Waals surface area contributed by atoms with Gasteiger partial charge in [-0.15, -0.1) is 0 Å². The molecule has 0 radical (unpaired) electrons. The molecule has 1 unspecified atom stereocenters. The van der Waals surface area contributed by atoms with E-state index in [2.05, 4.69) is 17.0 Å². The molecule has 0 aromatic heterocycles. The first-order valence-corrected chi connectivity index (χ1v) is 6.86. The molecular formula is C17H19NO2. The first-order valence-electron chi connectivity index (χ1n) is 6.86. The van der Waals surface area contributed by atoms with Crippen LogP contribution in [0.1, 0.15) is 17.5 Å². The van der Waals surface area contributed by atoms with Gasteiger partial charge in [0.1, 0.15) is 11.5 Å². The Balaban J connectivity index is 2.05. The van der Waals surface area contributed by atoms with Crippen LogP contribution in [0.15, 0.2) is 48.5 Å². The van der Waals surface area contributed by atoms with Crippen LogP contribution in [0.2, 0.25) is 0 Å². The zero-order valence-electron chi connectivity index (χ0n) is 11.8. The van der Waals surface area contributed by atoms with Gasteiger partial charge in [-0.1, -0.05) is 30.3 Å². The number of phenolic OH excluding ortho intramolecular Hbond substituents is 1. The molecule has 0 bridgehead atoms. The van der Waals surface area contributed by atoms with Crippen LogP contribution < -0.4 is 4.74 Å². The molecule has 0 saturated heterocycles. The van der Waals surface area contributed by atoms with E-state index in [1.807, 2.05) is 38.4 Å². The molecule has 104 valence electrons. The summed E-state index contributed by atoms with van der Waals surface area (Å²) in [6, 6.07) is 15.6. The van der Waals surface area contributed by atoms with Crippen LogP contribution in [0.25, 0.3) is 0 Å². The molecular weight excluding hydrogens is 250 g/mol. The van der Waals surface area contributed by atoms with Gasteiger partial charge in [-0.05, 0) is 44.3 Å². The summed E-state index contributed by atoms with van der Waals surface area (Å²) < 4.78 is 6.34. The number of hydrogen-bond donors (Lipinski definition) is 1. The van der Waals surface area contributed by atoms with Crippen LogP contribution in [0, 0.1) is 0 Å². The van der Waals surface area contributed by atoms with Crippen molar-refractivity contribution in [2.75, 3.05) is 14.1 Å². The number of benzene rings is 2. The Bertz CT molecular complexity index is 610. The van der Waals surface area contributed by atoms with E-state index in [0.717, 1.165) is 29.7 Å². The van der Waals surface area contributed by atoms with Gasteiger partial charge in [-0.25, -0.2) is 0 Å². The van der Waals surface area contributed by atoms with Crippen molar-refractivity contribution in [3.8, 4) is 11.5 Å². The van der Waals surface area contributed by atoms with E-state index >= 15 is 0 Å². The smallest absolute Gasteiger partial charge is 0.189 e. The maximum Gasteiger partial charge on any atom is 0.189 e. The van der Waals surface area contributed by atoms with E-state index in [9.17, 15) is 5.11 Å². The fourth-order valence-electron chi connectivity index (χ4n) is 2.87. The molecule has 0 spiro atoms. The summed E-state index contributed by atoms with van der Waals surface area (Å²) >= 11 is 0. The predicted molar refractivity (Wildman–Crippen MR) is 78.9 cm³/mol. The normalized spacial score (nSPS) is 21.4. The van der Waals surface area contributed by atoms with Crippen molar-refractivity contribution in [1.82, 2.24) is 4.90 Å². The number of aromatic hydroxyl groups is 1. The third kappa shape index (κ3) is 2.04. The maximum atomic E-state index is 9.58. The third-order valence-corrected chi connectivity index (χ3v) is 4.00. The molecule has 1 N–H and O–H groups in total. The summed E-state index contributed by atoms with van der Waals surface area (Å²) in [5.41, 5.74) is 1.78. The lowest BCUT2D eigenvalue weighted by Gasteiger charge is -2.43. The van der Waals surface area contributed by atoms with Gasteiger partial charge in [0.25, 0.3) is 0 Å². The number of aryl methyl sites for hydroxylation is 1. The summed E-state index contributed by atoms with van der Waals surface area (Å²) in [5.74, 6) is 1.15. The summed E-state index contributed by atoms with van der Waals surface area (Å²) in [5, 5.41) is 9.58. The molecule has 0 amide bonds. The standard InChI is InChI=1S/C17H19NO2/c1-18(2)17(14-6-4-3-5-7-14)11-10-13-12-15(19)8-9-16(13)20-17/h3-9,12,19H,10-11H2,1-2H3. The van der Waals surface area contributed by atoms with Gasteiger partial charge in [-0.3, -0.25) is 4.90 Å². The Labute approximate surface area is 119 Å². The van der Waals surface area contributed by atoms with E-state index in [-0.39, 0.29) is 0 Å². The largest absolute Gasteiger partial charge is 0.508 e.